The Kier molecular flexibility index (Phi) is 3.25. The highest BCUT2D eigenvalue weighted by molar-refractivity contribution is 5.98. The number of hydrogen-bond donors (Lipinski definition) is 1. The minimum atomic E-state index is -0.282. The van der Waals surface area contributed by atoms with Gasteiger partial charge in [-0.3, -0.25) is 9.48 Å². The molecule has 0 amide bonds. The number of carbonyl (C=O) groups excluding carboxylic acids is 1. The molecule has 4 rings (SSSR count). The first-order valence-electron chi connectivity index (χ1n) is 8.28. The van der Waals surface area contributed by atoms with Crippen molar-refractivity contribution in [3.8, 4) is 5.75 Å². The lowest BCUT2D eigenvalue weighted by atomic mass is 9.84. The Morgan fingerprint density at radius 1 is 1.24 bits per heavy atom. The van der Waals surface area contributed by atoms with Crippen LogP contribution in [0.5, 0.6) is 5.75 Å². The van der Waals surface area contributed by atoms with Gasteiger partial charge in [0.2, 0.25) is 0 Å². The number of nitrogens with one attached hydrogen (secondary N) is 1. The normalized spacial score (nSPS) is 25.6. The molecule has 2 fully saturated rings. The van der Waals surface area contributed by atoms with Crippen LogP contribution in [0.15, 0.2) is 6.20 Å². The van der Waals surface area contributed by atoms with E-state index in [9.17, 15) is 4.79 Å². The first-order valence-corrected chi connectivity index (χ1v) is 8.28. The van der Waals surface area contributed by atoms with E-state index >= 15 is 0 Å². The molecular weight excluding hydrogens is 266 g/mol. The Labute approximate surface area is 125 Å². The Hall–Kier alpha value is -1.36. The molecule has 1 aliphatic carbocycles. The Morgan fingerprint density at radius 2 is 2.00 bits per heavy atom. The lowest BCUT2D eigenvalue weighted by Gasteiger charge is -2.39. The molecule has 0 atom stereocenters. The summed E-state index contributed by atoms with van der Waals surface area (Å²) in [6.45, 7) is 1.86. The average Bonchev–Trinajstić information content (AvgIpc) is 2.93. The monoisotopic (exact) mass is 289 g/mol. The van der Waals surface area contributed by atoms with Gasteiger partial charge in [0.25, 0.3) is 0 Å². The van der Waals surface area contributed by atoms with Gasteiger partial charge in [0.15, 0.2) is 17.2 Å². The number of aromatic nitrogens is 2. The smallest absolute Gasteiger partial charge is 0.190 e. The second-order valence-electron chi connectivity index (χ2n) is 6.75. The van der Waals surface area contributed by atoms with E-state index in [1.165, 1.54) is 32.1 Å². The number of carbonyl (C=O) groups is 1. The lowest BCUT2D eigenvalue weighted by molar-refractivity contribution is 0.0185. The van der Waals surface area contributed by atoms with E-state index < -0.39 is 0 Å². The summed E-state index contributed by atoms with van der Waals surface area (Å²) < 4.78 is 8.26. The maximum Gasteiger partial charge on any atom is 0.190 e. The topological polar surface area (TPSA) is 56.1 Å². The van der Waals surface area contributed by atoms with Gasteiger partial charge >= 0.3 is 0 Å². The molecule has 2 aliphatic heterocycles. The van der Waals surface area contributed by atoms with Crippen LogP contribution in [0.1, 0.15) is 67.9 Å². The van der Waals surface area contributed by atoms with Gasteiger partial charge in [0.05, 0.1) is 18.7 Å². The number of ketones is 1. The van der Waals surface area contributed by atoms with Crippen LogP contribution in [0.25, 0.3) is 0 Å². The van der Waals surface area contributed by atoms with Crippen molar-refractivity contribution < 1.29 is 9.53 Å². The largest absolute Gasteiger partial charge is 0.483 e. The summed E-state index contributed by atoms with van der Waals surface area (Å²) in [6.07, 6.45) is 10.5. The molecule has 3 aliphatic rings. The molecule has 5 nitrogen and oxygen atoms in total. The molecule has 114 valence electrons. The molecule has 0 aromatic carbocycles. The molecule has 1 N–H and O–H groups in total. The van der Waals surface area contributed by atoms with Crippen molar-refractivity contribution in [3.05, 3.63) is 11.9 Å². The maximum atomic E-state index is 12.5. The van der Waals surface area contributed by atoms with Gasteiger partial charge in [0, 0.05) is 12.8 Å². The fourth-order valence-corrected chi connectivity index (χ4v) is 3.98. The van der Waals surface area contributed by atoms with Gasteiger partial charge in [0.1, 0.15) is 5.60 Å². The number of rotatable bonds is 1. The van der Waals surface area contributed by atoms with Crippen LogP contribution in [0, 0.1) is 0 Å². The van der Waals surface area contributed by atoms with Gasteiger partial charge in [-0.15, -0.1) is 0 Å². The van der Waals surface area contributed by atoms with Crippen LogP contribution in [0.4, 0.5) is 0 Å². The van der Waals surface area contributed by atoms with Crippen molar-refractivity contribution in [2.24, 2.45) is 0 Å². The van der Waals surface area contributed by atoms with E-state index in [2.05, 4.69) is 10.4 Å². The molecule has 0 unspecified atom stereocenters. The van der Waals surface area contributed by atoms with Crippen LogP contribution in [0.3, 0.4) is 0 Å². The summed E-state index contributed by atoms with van der Waals surface area (Å²) in [5.74, 6) is 0.881. The molecule has 1 aromatic heterocycles. The van der Waals surface area contributed by atoms with Gasteiger partial charge < -0.3 is 10.1 Å². The highest BCUT2D eigenvalue weighted by atomic mass is 16.5. The second kappa shape index (κ2) is 5.13. The molecule has 1 saturated carbocycles. The van der Waals surface area contributed by atoms with E-state index in [0.717, 1.165) is 31.7 Å². The van der Waals surface area contributed by atoms with Crippen molar-refractivity contribution in [3.63, 3.8) is 0 Å². The van der Waals surface area contributed by atoms with Crippen LogP contribution < -0.4 is 10.1 Å². The molecule has 21 heavy (non-hydrogen) atoms. The molecule has 0 radical (unpaired) electrons. The zero-order chi connectivity index (χ0) is 14.3. The third kappa shape index (κ3) is 2.37. The number of ether oxygens (including phenoxy) is 1. The summed E-state index contributed by atoms with van der Waals surface area (Å²) in [7, 11) is 0. The Bertz CT molecular complexity index is 540. The molecule has 1 spiro atoms. The van der Waals surface area contributed by atoms with Crippen molar-refractivity contribution in [1.82, 2.24) is 15.1 Å². The van der Waals surface area contributed by atoms with E-state index in [1.54, 1.807) is 0 Å². The Morgan fingerprint density at radius 3 is 2.76 bits per heavy atom. The molecular formula is C16H23N3O2. The summed E-state index contributed by atoms with van der Waals surface area (Å²) in [6, 6.07) is 0.449. The first kappa shape index (κ1) is 13.3. The lowest BCUT2D eigenvalue weighted by Crippen LogP contribution is -2.49. The van der Waals surface area contributed by atoms with E-state index in [-0.39, 0.29) is 11.4 Å². The van der Waals surface area contributed by atoms with Crippen molar-refractivity contribution in [2.45, 2.75) is 63.0 Å². The van der Waals surface area contributed by atoms with Crippen LogP contribution in [0.2, 0.25) is 0 Å². The summed E-state index contributed by atoms with van der Waals surface area (Å²) in [4.78, 5) is 12.5. The minimum Gasteiger partial charge on any atom is -0.483 e. The number of hydrogen-bond acceptors (Lipinski definition) is 4. The quantitative estimate of drug-likeness (QED) is 0.863. The van der Waals surface area contributed by atoms with Crippen LogP contribution in [-0.4, -0.2) is 34.3 Å². The number of nitrogens with zero attached hydrogens (tertiary/aromatic N) is 2. The fraction of sp³-hybridized carbons (Fsp3) is 0.750. The second-order valence-corrected chi connectivity index (χ2v) is 6.75. The standard InChI is InChI=1S/C16H23N3O2/c20-13-10-16(6-8-17-9-7-16)21-14-11-19(18-15(13)14)12-4-2-1-3-5-12/h11-12,17H,1-10H2. The van der Waals surface area contributed by atoms with Crippen molar-refractivity contribution in [2.75, 3.05) is 13.1 Å². The van der Waals surface area contributed by atoms with E-state index in [0.29, 0.717) is 18.2 Å². The fourth-order valence-electron chi connectivity index (χ4n) is 3.98. The van der Waals surface area contributed by atoms with Crippen LogP contribution in [-0.2, 0) is 0 Å². The summed E-state index contributed by atoms with van der Waals surface area (Å²) >= 11 is 0. The third-order valence-electron chi connectivity index (χ3n) is 5.24. The minimum absolute atomic E-state index is 0.160. The van der Waals surface area contributed by atoms with Crippen molar-refractivity contribution >= 4 is 5.78 Å². The highest BCUT2D eigenvalue weighted by Crippen LogP contribution is 2.39. The number of piperidine rings is 1. The summed E-state index contributed by atoms with van der Waals surface area (Å²) in [5, 5.41) is 7.90. The first-order chi connectivity index (χ1) is 10.3. The predicted octanol–water partition coefficient (Wildman–Crippen LogP) is 2.48. The molecule has 3 heterocycles. The van der Waals surface area contributed by atoms with Gasteiger partial charge in [-0.1, -0.05) is 19.3 Å². The number of Topliss-reactive ketones (excluding diaryl/α,β-unsaturated/α-hetero) is 1. The predicted molar refractivity (Wildman–Crippen MR) is 78.8 cm³/mol. The van der Waals surface area contributed by atoms with E-state index in [4.69, 9.17) is 4.74 Å². The molecule has 1 aromatic rings. The third-order valence-corrected chi connectivity index (χ3v) is 5.24. The number of fused-ring (bicyclic) bond motifs is 1. The molecule has 1 saturated heterocycles. The zero-order valence-electron chi connectivity index (χ0n) is 12.4. The van der Waals surface area contributed by atoms with Gasteiger partial charge in [-0.05, 0) is 25.9 Å². The van der Waals surface area contributed by atoms with E-state index in [1.807, 2.05) is 10.9 Å². The summed E-state index contributed by atoms with van der Waals surface area (Å²) in [5.41, 5.74) is 0.278. The zero-order valence-corrected chi connectivity index (χ0v) is 12.4. The molecule has 5 heteroatoms. The van der Waals surface area contributed by atoms with Gasteiger partial charge in [-0.25, -0.2) is 0 Å². The average molecular weight is 289 g/mol. The van der Waals surface area contributed by atoms with Crippen molar-refractivity contribution in [1.29, 1.82) is 0 Å². The van der Waals surface area contributed by atoms with Gasteiger partial charge in [-0.2, -0.15) is 5.10 Å². The highest BCUT2D eigenvalue weighted by Gasteiger charge is 2.43. The molecule has 0 bridgehead atoms. The maximum absolute atomic E-state index is 12.5. The van der Waals surface area contributed by atoms with Crippen LogP contribution >= 0.6 is 0 Å². The Balaban J connectivity index is 1.61. The SMILES string of the molecule is O=C1CC2(CCNCC2)Oc2cn(C3CCCCC3)nc21.